The van der Waals surface area contributed by atoms with Crippen LogP contribution in [0.15, 0.2) is 0 Å². The number of hydrogen-bond donors (Lipinski definition) is 1. The maximum atomic E-state index is 12.2. The highest BCUT2D eigenvalue weighted by Gasteiger charge is 2.38. The van der Waals surface area contributed by atoms with Crippen molar-refractivity contribution in [3.63, 3.8) is 0 Å². The van der Waals surface area contributed by atoms with Gasteiger partial charge in [0, 0.05) is 0 Å². The minimum atomic E-state index is -1.63. The summed E-state index contributed by atoms with van der Waals surface area (Å²) in [6, 6.07) is 0. The van der Waals surface area contributed by atoms with Gasteiger partial charge in [0.25, 0.3) is 0 Å². The molecule has 23 heavy (non-hydrogen) atoms. The Morgan fingerprint density at radius 1 is 1.00 bits per heavy atom. The van der Waals surface area contributed by atoms with Gasteiger partial charge in [0.2, 0.25) is 0 Å². The lowest BCUT2D eigenvalue weighted by molar-refractivity contribution is -0.160. The van der Waals surface area contributed by atoms with Crippen LogP contribution in [0.4, 0.5) is 4.79 Å². The molecule has 0 aromatic heterocycles. The number of esters is 2. The van der Waals surface area contributed by atoms with Gasteiger partial charge in [-0.3, -0.25) is 9.59 Å². The van der Waals surface area contributed by atoms with Gasteiger partial charge in [0.05, 0.1) is 18.4 Å². The Hall–Kier alpha value is -1.59. The minimum absolute atomic E-state index is 0.355. The van der Waals surface area contributed by atoms with Gasteiger partial charge in [-0.25, -0.2) is 4.79 Å². The lowest BCUT2D eigenvalue weighted by Gasteiger charge is -2.27. The fourth-order valence-corrected chi connectivity index (χ4v) is 2.97. The molecule has 0 heterocycles. The highest BCUT2D eigenvalue weighted by Crippen LogP contribution is 2.32. The van der Waals surface area contributed by atoms with E-state index in [0.29, 0.717) is 25.4 Å². The zero-order chi connectivity index (χ0) is 17.2. The Morgan fingerprint density at radius 3 is 2.17 bits per heavy atom. The lowest BCUT2D eigenvalue weighted by Crippen LogP contribution is -2.35. The number of hydrogen-bond acceptors (Lipinski definition) is 5. The van der Waals surface area contributed by atoms with Crippen molar-refractivity contribution in [2.24, 2.45) is 17.8 Å². The first kappa shape index (κ1) is 19.5. The summed E-state index contributed by atoms with van der Waals surface area (Å²) in [5.74, 6) is -1.84. The van der Waals surface area contributed by atoms with Gasteiger partial charge in [-0.15, -0.1) is 0 Å². The third-order valence-electron chi connectivity index (χ3n) is 4.23. The molecule has 1 N–H and O–H groups in total. The van der Waals surface area contributed by atoms with E-state index in [9.17, 15) is 14.4 Å². The quantitative estimate of drug-likeness (QED) is 0.414. The standard InChI is InChI=1S/C17H28O6/c1-12(2)8-4-3-7-11-22-15(18)13-9-5-6-10-14(13)16(19)23-17(20)21/h12-14H,3-11H2,1-2H3,(H,20,21). The normalized spacial score (nSPS) is 21.0. The van der Waals surface area contributed by atoms with Crippen molar-refractivity contribution < 1.29 is 29.0 Å². The Balaban J connectivity index is 2.36. The number of unbranched alkanes of at least 4 members (excludes halogenated alkanes) is 2. The zero-order valence-corrected chi connectivity index (χ0v) is 14.1. The van der Waals surface area contributed by atoms with Crippen molar-refractivity contribution in [2.45, 2.75) is 65.2 Å². The van der Waals surface area contributed by atoms with E-state index in [1.54, 1.807) is 0 Å². The van der Waals surface area contributed by atoms with Crippen LogP contribution in [0, 0.1) is 17.8 Å². The molecular weight excluding hydrogens is 300 g/mol. The maximum absolute atomic E-state index is 12.2. The van der Waals surface area contributed by atoms with Crippen molar-refractivity contribution in [3.05, 3.63) is 0 Å². The second-order valence-corrected chi connectivity index (χ2v) is 6.60. The van der Waals surface area contributed by atoms with Gasteiger partial charge >= 0.3 is 18.1 Å². The molecule has 2 atom stereocenters. The average molecular weight is 328 g/mol. The van der Waals surface area contributed by atoms with E-state index in [-0.39, 0.29) is 0 Å². The molecular formula is C17H28O6. The molecule has 0 aromatic carbocycles. The molecule has 2 unspecified atom stereocenters. The molecule has 1 saturated carbocycles. The summed E-state index contributed by atoms with van der Waals surface area (Å²) in [4.78, 5) is 34.4. The summed E-state index contributed by atoms with van der Waals surface area (Å²) >= 11 is 0. The topological polar surface area (TPSA) is 89.9 Å². The SMILES string of the molecule is CC(C)CCCCCOC(=O)C1CCCCC1C(=O)OC(=O)O. The van der Waals surface area contributed by atoms with Crippen LogP contribution in [0.25, 0.3) is 0 Å². The summed E-state index contributed by atoms with van der Waals surface area (Å²) in [5.41, 5.74) is 0. The van der Waals surface area contributed by atoms with Gasteiger partial charge in [0.15, 0.2) is 0 Å². The average Bonchev–Trinajstić information content (AvgIpc) is 2.49. The van der Waals surface area contributed by atoms with Crippen LogP contribution in [0.3, 0.4) is 0 Å². The van der Waals surface area contributed by atoms with Gasteiger partial charge in [0.1, 0.15) is 0 Å². The van der Waals surface area contributed by atoms with Gasteiger partial charge in [-0.05, 0) is 25.2 Å². The predicted octanol–water partition coefficient (Wildman–Crippen LogP) is 3.77. The largest absolute Gasteiger partial charge is 0.513 e. The summed E-state index contributed by atoms with van der Waals surface area (Å²) in [5, 5.41) is 8.54. The highest BCUT2D eigenvalue weighted by molar-refractivity contribution is 5.87. The van der Waals surface area contributed by atoms with Gasteiger partial charge in [-0.1, -0.05) is 46.0 Å². The van der Waals surface area contributed by atoms with Crippen molar-refractivity contribution >= 4 is 18.1 Å². The second kappa shape index (κ2) is 10.2. The van der Waals surface area contributed by atoms with E-state index in [4.69, 9.17) is 9.84 Å². The minimum Gasteiger partial charge on any atom is -0.465 e. The Morgan fingerprint density at radius 2 is 1.61 bits per heavy atom. The Kier molecular flexibility index (Phi) is 8.66. The predicted molar refractivity (Wildman–Crippen MR) is 83.8 cm³/mol. The molecule has 0 bridgehead atoms. The smallest absolute Gasteiger partial charge is 0.465 e. The van der Waals surface area contributed by atoms with Crippen LogP contribution in [-0.4, -0.2) is 29.8 Å². The Labute approximate surface area is 137 Å². The van der Waals surface area contributed by atoms with E-state index >= 15 is 0 Å². The van der Waals surface area contributed by atoms with Crippen LogP contribution in [-0.2, 0) is 19.1 Å². The maximum Gasteiger partial charge on any atom is 0.513 e. The van der Waals surface area contributed by atoms with Crippen LogP contribution in [0.5, 0.6) is 0 Å². The molecule has 0 aliphatic heterocycles. The third-order valence-corrected chi connectivity index (χ3v) is 4.23. The highest BCUT2D eigenvalue weighted by atomic mass is 16.7. The molecule has 0 amide bonds. The summed E-state index contributed by atoms with van der Waals surface area (Å²) in [7, 11) is 0. The van der Waals surface area contributed by atoms with E-state index in [1.165, 1.54) is 6.42 Å². The summed E-state index contributed by atoms with van der Waals surface area (Å²) in [6.45, 7) is 4.72. The number of carboxylic acid groups (broad SMARTS) is 1. The van der Waals surface area contributed by atoms with Crippen LogP contribution in [0.1, 0.15) is 65.2 Å². The summed E-state index contributed by atoms with van der Waals surface area (Å²) < 4.78 is 9.50. The first-order valence-corrected chi connectivity index (χ1v) is 8.53. The third kappa shape index (κ3) is 7.48. The number of carbonyl (C=O) groups excluding carboxylic acids is 2. The van der Waals surface area contributed by atoms with Crippen molar-refractivity contribution in [1.82, 2.24) is 0 Å². The van der Waals surface area contributed by atoms with Crippen molar-refractivity contribution in [3.8, 4) is 0 Å². The molecule has 1 aliphatic rings. The van der Waals surface area contributed by atoms with Crippen LogP contribution in [0.2, 0.25) is 0 Å². The molecule has 0 saturated heterocycles. The Bertz CT molecular complexity index is 404. The van der Waals surface area contributed by atoms with E-state index in [2.05, 4.69) is 18.6 Å². The monoisotopic (exact) mass is 328 g/mol. The molecule has 0 radical (unpaired) electrons. The zero-order valence-electron chi connectivity index (χ0n) is 14.1. The number of rotatable bonds is 8. The molecule has 1 aliphatic carbocycles. The van der Waals surface area contributed by atoms with Gasteiger partial charge in [-0.2, -0.15) is 0 Å². The van der Waals surface area contributed by atoms with Crippen molar-refractivity contribution in [2.75, 3.05) is 6.61 Å². The molecule has 6 heteroatoms. The first-order valence-electron chi connectivity index (χ1n) is 8.53. The molecule has 6 nitrogen and oxygen atoms in total. The molecule has 0 aromatic rings. The van der Waals surface area contributed by atoms with E-state index in [0.717, 1.165) is 32.1 Å². The molecule has 1 rings (SSSR count). The van der Waals surface area contributed by atoms with Crippen molar-refractivity contribution in [1.29, 1.82) is 0 Å². The molecule has 0 spiro atoms. The second-order valence-electron chi connectivity index (χ2n) is 6.60. The van der Waals surface area contributed by atoms with Crippen LogP contribution >= 0.6 is 0 Å². The number of ether oxygens (including phenoxy) is 2. The van der Waals surface area contributed by atoms with E-state index < -0.39 is 29.9 Å². The van der Waals surface area contributed by atoms with Gasteiger partial charge < -0.3 is 14.6 Å². The van der Waals surface area contributed by atoms with Crippen LogP contribution < -0.4 is 0 Å². The molecule has 1 fully saturated rings. The molecule has 132 valence electrons. The first-order chi connectivity index (χ1) is 10.9. The van der Waals surface area contributed by atoms with E-state index in [1.807, 2.05) is 0 Å². The fraction of sp³-hybridized carbons (Fsp3) is 0.824. The number of carbonyl (C=O) groups is 3. The fourth-order valence-electron chi connectivity index (χ4n) is 2.97. The lowest BCUT2D eigenvalue weighted by atomic mass is 9.79. The summed E-state index contributed by atoms with van der Waals surface area (Å²) in [6.07, 6.45) is 5.13.